The largest absolute Gasteiger partial charge is 0.496 e. The number of rotatable bonds is 4. The molecule has 0 amide bonds. The van der Waals surface area contributed by atoms with Crippen molar-refractivity contribution in [3.63, 3.8) is 0 Å². The third-order valence-corrected chi connectivity index (χ3v) is 7.20. The minimum Gasteiger partial charge on any atom is -0.496 e. The van der Waals surface area contributed by atoms with E-state index < -0.39 is 14.6 Å². The molecule has 0 spiro atoms. The lowest BCUT2D eigenvalue weighted by atomic mass is 10.1. The Morgan fingerprint density at radius 2 is 2.08 bits per heavy atom. The van der Waals surface area contributed by atoms with E-state index in [9.17, 15) is 8.42 Å². The van der Waals surface area contributed by atoms with Gasteiger partial charge >= 0.3 is 0 Å². The van der Waals surface area contributed by atoms with Gasteiger partial charge in [0.1, 0.15) is 5.75 Å². The molecule has 26 heavy (non-hydrogen) atoms. The lowest BCUT2D eigenvalue weighted by Crippen LogP contribution is -2.57. The van der Waals surface area contributed by atoms with Crippen LogP contribution >= 0.6 is 24.0 Å². The Balaban J connectivity index is 0.00000338. The summed E-state index contributed by atoms with van der Waals surface area (Å²) < 4.78 is 29.0. The molecule has 1 aromatic rings. The quantitative estimate of drug-likeness (QED) is 0.394. The van der Waals surface area contributed by atoms with Gasteiger partial charge in [-0.25, -0.2) is 8.42 Å². The van der Waals surface area contributed by atoms with Gasteiger partial charge in [0.2, 0.25) is 0 Å². The van der Waals surface area contributed by atoms with E-state index in [-0.39, 0.29) is 29.7 Å². The number of benzene rings is 1. The number of ether oxygens (including phenoxy) is 1. The Bertz CT molecular complexity index is 748. The summed E-state index contributed by atoms with van der Waals surface area (Å²) in [5, 5.41) is 3.35. The van der Waals surface area contributed by atoms with Crippen LogP contribution in [0.1, 0.15) is 25.0 Å². The van der Waals surface area contributed by atoms with Crippen LogP contribution in [0.25, 0.3) is 0 Å². The summed E-state index contributed by atoms with van der Waals surface area (Å²) in [6.45, 7) is 7.24. The zero-order valence-corrected chi connectivity index (χ0v) is 19.4. The number of hydrogen-bond acceptors (Lipinski definition) is 4. The second kappa shape index (κ2) is 9.25. The molecule has 6 nitrogen and oxygen atoms in total. The molecule has 0 saturated carbocycles. The number of aryl methyl sites for hydroxylation is 1. The van der Waals surface area contributed by atoms with Crippen molar-refractivity contribution in [1.29, 1.82) is 0 Å². The maximum absolute atomic E-state index is 12.2. The van der Waals surface area contributed by atoms with Crippen LogP contribution in [0.2, 0.25) is 0 Å². The number of nitrogens with zero attached hydrogens (tertiary/aromatic N) is 2. The highest BCUT2D eigenvalue weighted by Crippen LogP contribution is 2.24. The summed E-state index contributed by atoms with van der Waals surface area (Å²) in [6.07, 6.45) is 0.805. The lowest BCUT2D eigenvalue weighted by molar-refractivity contribution is 0.353. The molecule has 2 rings (SSSR count). The van der Waals surface area contributed by atoms with Gasteiger partial charge < -0.3 is 15.0 Å². The number of methoxy groups -OCH3 is 1. The highest BCUT2D eigenvalue weighted by Gasteiger charge is 2.40. The minimum absolute atomic E-state index is 0. The van der Waals surface area contributed by atoms with Crippen LogP contribution in [0.3, 0.4) is 0 Å². The molecule has 1 saturated heterocycles. The average Bonchev–Trinajstić information content (AvgIpc) is 2.54. The molecule has 1 aliphatic heterocycles. The maximum atomic E-state index is 12.2. The molecule has 0 bridgehead atoms. The van der Waals surface area contributed by atoms with Gasteiger partial charge in [0.15, 0.2) is 15.8 Å². The second-order valence-corrected chi connectivity index (χ2v) is 9.78. The average molecular weight is 495 g/mol. The first-order valence-corrected chi connectivity index (χ1v) is 10.2. The van der Waals surface area contributed by atoms with Crippen molar-refractivity contribution in [2.45, 2.75) is 31.9 Å². The Kier molecular flexibility index (Phi) is 8.19. The van der Waals surface area contributed by atoms with Crippen LogP contribution in [0.4, 0.5) is 0 Å². The SMILES string of the molecule is CN=C(NCCc1cc(C)ccc1OC)N1CCS(=O)(=O)C(C)(C)C1.I. The minimum atomic E-state index is -3.05. The molecular weight excluding hydrogens is 465 g/mol. The van der Waals surface area contributed by atoms with Crippen molar-refractivity contribution in [3.05, 3.63) is 29.3 Å². The van der Waals surface area contributed by atoms with Crippen molar-refractivity contribution < 1.29 is 13.2 Å². The Labute approximate surface area is 174 Å². The van der Waals surface area contributed by atoms with E-state index in [0.29, 0.717) is 19.6 Å². The molecule has 0 aromatic heterocycles. The standard InChI is InChI=1S/C18H29N3O3S.HI/c1-14-6-7-16(24-5)15(12-14)8-9-20-17(19-4)21-10-11-25(22,23)18(2,3)13-21;/h6-7,12H,8-11,13H2,1-5H3,(H,19,20);1H. The van der Waals surface area contributed by atoms with Crippen LogP contribution in [-0.2, 0) is 16.3 Å². The van der Waals surface area contributed by atoms with Gasteiger partial charge in [-0.2, -0.15) is 0 Å². The van der Waals surface area contributed by atoms with Crippen molar-refractivity contribution >= 4 is 39.8 Å². The molecule has 0 unspecified atom stereocenters. The van der Waals surface area contributed by atoms with Gasteiger partial charge in [-0.05, 0) is 38.8 Å². The number of guanidine groups is 1. The summed E-state index contributed by atoms with van der Waals surface area (Å²) in [7, 11) is 0.351. The van der Waals surface area contributed by atoms with Crippen molar-refractivity contribution in [2.75, 3.05) is 39.5 Å². The molecule has 1 N–H and O–H groups in total. The van der Waals surface area contributed by atoms with Crippen molar-refractivity contribution in [2.24, 2.45) is 4.99 Å². The first-order chi connectivity index (χ1) is 11.7. The third kappa shape index (κ3) is 5.25. The number of halogens is 1. The van der Waals surface area contributed by atoms with Gasteiger partial charge in [-0.3, -0.25) is 4.99 Å². The van der Waals surface area contributed by atoms with Crippen LogP contribution in [0.15, 0.2) is 23.2 Å². The monoisotopic (exact) mass is 495 g/mol. The zero-order chi connectivity index (χ0) is 18.7. The van der Waals surface area contributed by atoms with E-state index in [2.05, 4.69) is 23.3 Å². The van der Waals surface area contributed by atoms with Gasteiger partial charge in [0.05, 0.1) is 17.6 Å². The molecule has 1 fully saturated rings. The van der Waals surface area contributed by atoms with Crippen molar-refractivity contribution in [3.8, 4) is 5.75 Å². The third-order valence-electron chi connectivity index (χ3n) is 4.67. The summed E-state index contributed by atoms with van der Waals surface area (Å²) in [5.74, 6) is 1.79. The van der Waals surface area contributed by atoms with E-state index >= 15 is 0 Å². The first kappa shape index (κ1) is 23.0. The highest BCUT2D eigenvalue weighted by molar-refractivity contribution is 14.0. The van der Waals surface area contributed by atoms with E-state index in [4.69, 9.17) is 4.74 Å². The van der Waals surface area contributed by atoms with Crippen LogP contribution in [0, 0.1) is 6.92 Å². The maximum Gasteiger partial charge on any atom is 0.193 e. The first-order valence-electron chi connectivity index (χ1n) is 8.51. The summed E-state index contributed by atoms with van der Waals surface area (Å²) in [6, 6.07) is 6.14. The summed E-state index contributed by atoms with van der Waals surface area (Å²) >= 11 is 0. The van der Waals surface area contributed by atoms with E-state index in [1.165, 1.54) is 5.56 Å². The Hall–Kier alpha value is -1.03. The number of nitrogens with one attached hydrogen (secondary N) is 1. The number of sulfone groups is 1. The lowest BCUT2D eigenvalue weighted by Gasteiger charge is -2.39. The molecule has 0 radical (unpaired) electrons. The van der Waals surface area contributed by atoms with E-state index in [0.717, 1.165) is 23.7 Å². The zero-order valence-electron chi connectivity index (χ0n) is 16.2. The molecule has 148 valence electrons. The Morgan fingerprint density at radius 1 is 1.38 bits per heavy atom. The molecule has 1 aromatic carbocycles. The van der Waals surface area contributed by atoms with E-state index in [1.807, 2.05) is 17.0 Å². The van der Waals surface area contributed by atoms with Crippen LogP contribution < -0.4 is 10.1 Å². The predicted molar refractivity (Wildman–Crippen MR) is 118 cm³/mol. The van der Waals surface area contributed by atoms with Gasteiger partial charge in [0.25, 0.3) is 0 Å². The molecule has 0 aliphatic carbocycles. The van der Waals surface area contributed by atoms with Gasteiger partial charge in [-0.15, -0.1) is 24.0 Å². The molecule has 0 atom stereocenters. The van der Waals surface area contributed by atoms with E-state index in [1.54, 1.807) is 28.0 Å². The van der Waals surface area contributed by atoms with Crippen molar-refractivity contribution in [1.82, 2.24) is 10.2 Å². The normalized spacial score (nSPS) is 18.8. The molecule has 8 heteroatoms. The Morgan fingerprint density at radius 3 is 2.65 bits per heavy atom. The molecule has 1 heterocycles. The topological polar surface area (TPSA) is 71.0 Å². The summed E-state index contributed by atoms with van der Waals surface area (Å²) in [4.78, 5) is 6.34. The smallest absolute Gasteiger partial charge is 0.193 e. The predicted octanol–water partition coefficient (Wildman–Crippen LogP) is 2.25. The number of aliphatic imine (C=N–C) groups is 1. The highest BCUT2D eigenvalue weighted by atomic mass is 127. The fraction of sp³-hybridized carbons (Fsp3) is 0.611. The van der Waals surface area contributed by atoms with Crippen LogP contribution in [-0.4, -0.2) is 63.6 Å². The fourth-order valence-electron chi connectivity index (χ4n) is 3.07. The van der Waals surface area contributed by atoms with Crippen LogP contribution in [0.5, 0.6) is 5.75 Å². The van der Waals surface area contributed by atoms with Gasteiger partial charge in [-0.1, -0.05) is 17.7 Å². The van der Waals surface area contributed by atoms with Gasteiger partial charge in [0, 0.05) is 26.7 Å². The summed E-state index contributed by atoms with van der Waals surface area (Å²) in [5.41, 5.74) is 2.34. The molecule has 1 aliphatic rings. The second-order valence-electron chi connectivity index (χ2n) is 7.04. The molecular formula is C18H30IN3O3S. The fourth-order valence-corrected chi connectivity index (χ4v) is 4.43. The number of hydrogen-bond donors (Lipinski definition) is 1.